The van der Waals surface area contributed by atoms with Crippen LogP contribution in [0.25, 0.3) is 0 Å². The summed E-state index contributed by atoms with van der Waals surface area (Å²) in [4.78, 5) is 27.7. The van der Waals surface area contributed by atoms with Gasteiger partial charge in [0.2, 0.25) is 5.82 Å². The van der Waals surface area contributed by atoms with Gasteiger partial charge in [-0.3, -0.25) is 14.8 Å². The molecule has 392 valence electrons. The lowest BCUT2D eigenvalue weighted by atomic mass is 10.1. The van der Waals surface area contributed by atoms with E-state index < -0.39 is 74.3 Å². The number of aryl methyl sites for hydroxylation is 2. The SMILES string of the molecule is CCN(CCn1cc(CCCN(CCCc2cn[nH]n2)c2ccc(N=Nc3ccc([N+](=O)[O-])cc3OCCOC(=O)c3c(F)c(F)c(F)c(F)c3F)cc2)nn1)c1ccc(N=Nc2ccc(S(=O)(=O)CC)cc2)cc1. The number of anilines is 2. The molecule has 2 aromatic heterocycles. The summed E-state index contributed by atoms with van der Waals surface area (Å²) >= 11 is 0. The van der Waals surface area contributed by atoms with Crippen LogP contribution < -0.4 is 14.5 Å². The zero-order valence-electron chi connectivity index (χ0n) is 40.3. The van der Waals surface area contributed by atoms with E-state index in [0.717, 1.165) is 54.3 Å². The van der Waals surface area contributed by atoms with Crippen molar-refractivity contribution in [2.24, 2.45) is 20.5 Å². The molecular formula is C49H48F5N13O7S. The van der Waals surface area contributed by atoms with E-state index in [9.17, 15) is 45.3 Å². The Morgan fingerprint density at radius 1 is 0.733 bits per heavy atom. The van der Waals surface area contributed by atoms with Crippen LogP contribution in [0, 0.1) is 39.2 Å². The first-order valence-electron chi connectivity index (χ1n) is 23.3. The van der Waals surface area contributed by atoms with Crippen LogP contribution in [0.1, 0.15) is 48.4 Å². The number of non-ortho nitro benzene ring substituents is 1. The van der Waals surface area contributed by atoms with E-state index in [1.165, 1.54) is 18.2 Å². The maximum atomic E-state index is 14.1. The number of nitro benzene ring substituents is 1. The minimum absolute atomic E-state index is 0.0196. The van der Waals surface area contributed by atoms with Crippen molar-refractivity contribution in [1.29, 1.82) is 0 Å². The van der Waals surface area contributed by atoms with Crippen molar-refractivity contribution >= 4 is 55.6 Å². The highest BCUT2D eigenvalue weighted by Crippen LogP contribution is 2.34. The summed E-state index contributed by atoms with van der Waals surface area (Å²) in [6.07, 6.45) is 6.50. The minimum Gasteiger partial charge on any atom is -0.487 e. The molecule has 0 aliphatic rings. The number of hydrogen-bond donors (Lipinski definition) is 1. The lowest BCUT2D eigenvalue weighted by Crippen LogP contribution is -2.27. The Morgan fingerprint density at radius 2 is 1.31 bits per heavy atom. The molecule has 0 fully saturated rings. The molecule has 0 amide bonds. The normalized spacial score (nSPS) is 11.7. The highest BCUT2D eigenvalue weighted by molar-refractivity contribution is 7.91. The number of benzene rings is 5. The average molecular weight is 1060 g/mol. The van der Waals surface area contributed by atoms with Crippen LogP contribution in [-0.4, -0.2) is 94.9 Å². The summed E-state index contributed by atoms with van der Waals surface area (Å²) in [6.45, 7) is 5.72. The first-order valence-corrected chi connectivity index (χ1v) is 25.0. The highest BCUT2D eigenvalue weighted by atomic mass is 32.2. The smallest absolute Gasteiger partial charge is 0.344 e. The fourth-order valence-corrected chi connectivity index (χ4v) is 8.29. The lowest BCUT2D eigenvalue weighted by Gasteiger charge is -2.25. The molecule has 0 saturated carbocycles. The summed E-state index contributed by atoms with van der Waals surface area (Å²) in [5.41, 5.74) is 3.00. The van der Waals surface area contributed by atoms with Gasteiger partial charge in [-0.05, 0) is 111 Å². The van der Waals surface area contributed by atoms with Gasteiger partial charge in [0.05, 0.1) is 62.8 Å². The lowest BCUT2D eigenvalue weighted by molar-refractivity contribution is -0.384. The van der Waals surface area contributed by atoms with E-state index in [4.69, 9.17) is 4.74 Å². The molecule has 20 nitrogen and oxygen atoms in total. The van der Waals surface area contributed by atoms with Crippen molar-refractivity contribution in [3.8, 4) is 5.75 Å². The second kappa shape index (κ2) is 25.4. The third-order valence-corrected chi connectivity index (χ3v) is 13.2. The van der Waals surface area contributed by atoms with Gasteiger partial charge >= 0.3 is 5.97 Å². The molecule has 2 heterocycles. The van der Waals surface area contributed by atoms with E-state index in [-0.39, 0.29) is 22.1 Å². The number of azo groups is 2. The van der Waals surface area contributed by atoms with Crippen molar-refractivity contribution in [2.75, 3.05) is 54.9 Å². The third-order valence-electron chi connectivity index (χ3n) is 11.5. The van der Waals surface area contributed by atoms with Crippen molar-refractivity contribution in [3.05, 3.63) is 160 Å². The predicted octanol–water partition coefficient (Wildman–Crippen LogP) is 10.5. The molecule has 75 heavy (non-hydrogen) atoms. The van der Waals surface area contributed by atoms with E-state index in [2.05, 4.69) is 67.6 Å². The Morgan fingerprint density at radius 3 is 1.88 bits per heavy atom. The first-order chi connectivity index (χ1) is 36.1. The standard InChI is InChI=1S/C49H48F5N13O7S/c1-3-64(37-15-9-32(10-16-37)56-57-34-13-20-40(21-14-34)75(71,72)4-2)25-26-66-31-36(60-63-66)8-6-24-65(23-5-7-35-30-55-62-59-35)38-17-11-33(12-18-38)58-61-41-22-19-39(67(69)70)29-42(41)73-27-28-74-49(68)43-44(50)46(52)48(54)47(53)45(43)51/h9-22,29-31H,3-8,23-28H2,1-2H3,(H,55,59,62). The summed E-state index contributed by atoms with van der Waals surface area (Å²) in [7, 11) is -3.30. The molecule has 0 aliphatic heterocycles. The van der Waals surface area contributed by atoms with Crippen molar-refractivity contribution in [3.63, 3.8) is 0 Å². The quantitative estimate of drug-likeness (QED) is 0.00777. The molecular weight excluding hydrogens is 1010 g/mol. The second-order valence-corrected chi connectivity index (χ2v) is 18.7. The van der Waals surface area contributed by atoms with Gasteiger partial charge in [-0.15, -0.1) is 10.2 Å². The number of rotatable bonds is 26. The minimum atomic E-state index is -3.30. The zero-order valence-corrected chi connectivity index (χ0v) is 41.1. The summed E-state index contributed by atoms with van der Waals surface area (Å²) in [6, 6.07) is 24.6. The number of nitrogens with zero attached hydrogens (tertiary/aromatic N) is 12. The molecule has 0 aliphatic carbocycles. The number of nitrogens with one attached hydrogen (secondary N) is 1. The van der Waals surface area contributed by atoms with Crippen LogP contribution in [-0.2, 0) is 34.0 Å². The predicted molar refractivity (Wildman–Crippen MR) is 264 cm³/mol. The summed E-state index contributed by atoms with van der Waals surface area (Å²) < 4.78 is 105. The monoisotopic (exact) mass is 1060 g/mol. The number of carbonyl (C=O) groups excluding carboxylic acids is 1. The number of carbonyl (C=O) groups is 1. The molecule has 26 heteroatoms. The van der Waals surface area contributed by atoms with Gasteiger partial charge in [-0.2, -0.15) is 30.8 Å². The van der Waals surface area contributed by atoms with Gasteiger partial charge in [0, 0.05) is 49.8 Å². The number of aromatic amines is 1. The topological polar surface area (TPSA) is 241 Å². The highest BCUT2D eigenvalue weighted by Gasteiger charge is 2.31. The fourth-order valence-electron chi connectivity index (χ4n) is 7.40. The number of aromatic nitrogens is 6. The van der Waals surface area contributed by atoms with Gasteiger partial charge in [0.15, 0.2) is 38.9 Å². The number of H-pyrrole nitrogens is 1. The van der Waals surface area contributed by atoms with Gasteiger partial charge in [0.25, 0.3) is 5.69 Å². The van der Waals surface area contributed by atoms with Crippen molar-refractivity contribution in [2.45, 2.75) is 51.0 Å². The molecule has 5 aromatic carbocycles. The van der Waals surface area contributed by atoms with Crippen LogP contribution >= 0.6 is 0 Å². The van der Waals surface area contributed by atoms with Gasteiger partial charge in [-0.1, -0.05) is 12.1 Å². The maximum Gasteiger partial charge on any atom is 0.344 e. The molecule has 1 N–H and O–H groups in total. The van der Waals surface area contributed by atoms with Crippen LogP contribution in [0.4, 0.5) is 61.8 Å². The fraction of sp³-hybridized carbons (Fsp3) is 0.286. The number of likely N-dealkylation sites (N-methyl/N-ethyl adjacent to an activating group) is 1. The molecule has 0 atom stereocenters. The van der Waals surface area contributed by atoms with Gasteiger partial charge < -0.3 is 19.3 Å². The van der Waals surface area contributed by atoms with E-state index >= 15 is 0 Å². The Hall–Kier alpha value is -8.55. The van der Waals surface area contributed by atoms with Crippen LogP contribution in [0.2, 0.25) is 0 Å². The molecule has 0 spiro atoms. The Kier molecular flexibility index (Phi) is 18.4. The van der Waals surface area contributed by atoms with E-state index in [1.807, 2.05) is 47.3 Å². The molecule has 0 unspecified atom stereocenters. The van der Waals surface area contributed by atoms with Gasteiger partial charge in [-0.25, -0.2) is 35.2 Å². The number of sulfone groups is 1. The maximum absolute atomic E-state index is 14.1. The number of nitro groups is 1. The largest absolute Gasteiger partial charge is 0.487 e. The number of esters is 1. The second-order valence-electron chi connectivity index (χ2n) is 16.4. The average Bonchev–Trinajstić information content (AvgIpc) is 4.13. The van der Waals surface area contributed by atoms with Crippen LogP contribution in [0.3, 0.4) is 0 Å². The number of halogens is 5. The molecule has 0 bridgehead atoms. The zero-order chi connectivity index (χ0) is 53.5. The Labute approximate surface area is 426 Å². The third kappa shape index (κ3) is 14.4. The summed E-state index contributed by atoms with van der Waals surface area (Å²) in [5.74, 6) is -13.8. The Balaban J connectivity index is 0.927. The van der Waals surface area contributed by atoms with E-state index in [0.29, 0.717) is 56.1 Å². The van der Waals surface area contributed by atoms with Crippen molar-refractivity contribution in [1.82, 2.24) is 30.4 Å². The molecule has 7 aromatic rings. The molecule has 0 saturated heterocycles. The Bertz CT molecular complexity index is 3210. The van der Waals surface area contributed by atoms with Crippen LogP contribution in [0.15, 0.2) is 129 Å². The molecule has 0 radical (unpaired) electrons. The number of ether oxygens (including phenoxy) is 2. The summed E-state index contributed by atoms with van der Waals surface area (Å²) in [5, 5.41) is 48.0. The first kappa shape index (κ1) is 54.2. The van der Waals surface area contributed by atoms with Crippen molar-refractivity contribution < 1.29 is 49.6 Å². The van der Waals surface area contributed by atoms with Gasteiger partial charge in [0.1, 0.15) is 24.5 Å². The molecule has 7 rings (SSSR count). The number of hydrogen-bond acceptors (Lipinski definition) is 17. The van der Waals surface area contributed by atoms with E-state index in [1.54, 1.807) is 37.4 Å². The van der Waals surface area contributed by atoms with Crippen LogP contribution in [0.5, 0.6) is 5.75 Å².